The minimum Gasteiger partial charge on any atom is -0.483 e. The lowest BCUT2D eigenvalue weighted by Gasteiger charge is -2.26. The molecule has 2 aliphatic rings. The van der Waals surface area contributed by atoms with Gasteiger partial charge in [0, 0.05) is 30.0 Å². The van der Waals surface area contributed by atoms with Crippen LogP contribution >= 0.6 is 11.3 Å². The van der Waals surface area contributed by atoms with E-state index in [0.717, 1.165) is 30.5 Å². The molecule has 0 radical (unpaired) electrons. The lowest BCUT2D eigenvalue weighted by Crippen LogP contribution is -2.43. The number of nitrogens with one attached hydrogen (secondary N) is 1. The number of nitrogens with zero attached hydrogens (tertiary/aromatic N) is 2. The molecule has 2 amide bonds. The Morgan fingerprint density at radius 2 is 2.04 bits per heavy atom. The zero-order chi connectivity index (χ0) is 19.3. The number of thiazole rings is 1. The Hall–Kier alpha value is -2.45. The lowest BCUT2D eigenvalue weighted by molar-refractivity contribution is -0.137. The number of benzene rings is 1. The summed E-state index contributed by atoms with van der Waals surface area (Å²) in [6.45, 7) is 2.30. The zero-order valence-corrected chi connectivity index (χ0v) is 16.4. The van der Waals surface area contributed by atoms with Crippen molar-refractivity contribution in [1.29, 1.82) is 0 Å². The third kappa shape index (κ3) is 4.34. The van der Waals surface area contributed by atoms with Crippen LogP contribution in [0.3, 0.4) is 0 Å². The molecule has 2 aromatic rings. The first kappa shape index (κ1) is 18.9. The Kier molecular flexibility index (Phi) is 5.87. The molecule has 0 unspecified atom stereocenters. The van der Waals surface area contributed by atoms with Gasteiger partial charge in [-0.05, 0) is 25.0 Å². The fourth-order valence-electron chi connectivity index (χ4n) is 3.18. The predicted molar refractivity (Wildman–Crippen MR) is 106 cm³/mol. The van der Waals surface area contributed by atoms with Gasteiger partial charge in [0.25, 0.3) is 5.91 Å². The number of ether oxygens (including phenoxy) is 2. The number of aromatic nitrogens is 1. The minimum absolute atomic E-state index is 0.0214. The van der Waals surface area contributed by atoms with E-state index in [9.17, 15) is 9.59 Å². The predicted octanol–water partition coefficient (Wildman–Crippen LogP) is 2.79. The molecule has 4 rings (SSSR count). The highest BCUT2D eigenvalue weighted by atomic mass is 32.1. The summed E-state index contributed by atoms with van der Waals surface area (Å²) >= 11 is 1.39. The average Bonchev–Trinajstić information content (AvgIpc) is 3.13. The van der Waals surface area contributed by atoms with Crippen LogP contribution in [0, 0.1) is 5.92 Å². The molecule has 1 aliphatic carbocycles. The molecule has 1 aromatic heterocycles. The van der Waals surface area contributed by atoms with Crippen molar-refractivity contribution in [1.82, 2.24) is 9.88 Å². The molecule has 1 N–H and O–H groups in total. The van der Waals surface area contributed by atoms with Crippen LogP contribution in [-0.4, -0.2) is 54.6 Å². The molecule has 0 spiro atoms. The second-order valence-corrected chi connectivity index (χ2v) is 7.79. The number of rotatable bonds is 6. The summed E-state index contributed by atoms with van der Waals surface area (Å²) < 4.78 is 11.1. The number of hydrogen-bond acceptors (Lipinski definition) is 6. The van der Waals surface area contributed by atoms with Crippen molar-refractivity contribution in [2.75, 3.05) is 38.2 Å². The average molecular weight is 401 g/mol. The third-order valence-corrected chi connectivity index (χ3v) is 5.85. The van der Waals surface area contributed by atoms with Crippen molar-refractivity contribution < 1.29 is 19.1 Å². The van der Waals surface area contributed by atoms with E-state index in [1.165, 1.54) is 11.3 Å². The first-order valence-corrected chi connectivity index (χ1v) is 10.4. The molecular formula is C20H23N3O4S. The Balaban J connectivity index is 1.41. The van der Waals surface area contributed by atoms with Crippen molar-refractivity contribution in [3.8, 4) is 17.0 Å². The van der Waals surface area contributed by atoms with Crippen LogP contribution in [0.5, 0.6) is 5.75 Å². The number of amides is 2. The minimum atomic E-state index is -0.0511. The van der Waals surface area contributed by atoms with E-state index in [1.807, 2.05) is 29.6 Å². The smallest absolute Gasteiger partial charge is 0.260 e. The van der Waals surface area contributed by atoms with Crippen molar-refractivity contribution >= 4 is 28.3 Å². The maximum atomic E-state index is 12.3. The van der Waals surface area contributed by atoms with Gasteiger partial charge >= 0.3 is 0 Å². The summed E-state index contributed by atoms with van der Waals surface area (Å²) in [6, 6.07) is 7.50. The van der Waals surface area contributed by atoms with E-state index in [2.05, 4.69) is 10.3 Å². The van der Waals surface area contributed by atoms with Gasteiger partial charge in [0.2, 0.25) is 5.91 Å². The highest BCUT2D eigenvalue weighted by Crippen LogP contribution is 2.33. The van der Waals surface area contributed by atoms with Crippen molar-refractivity contribution in [2.24, 2.45) is 5.92 Å². The summed E-state index contributed by atoms with van der Waals surface area (Å²) in [5.41, 5.74) is 1.53. The van der Waals surface area contributed by atoms with Gasteiger partial charge in [-0.3, -0.25) is 9.59 Å². The topological polar surface area (TPSA) is 80.8 Å². The summed E-state index contributed by atoms with van der Waals surface area (Å²) in [6.07, 6.45) is 3.03. The van der Waals surface area contributed by atoms with Crippen molar-refractivity contribution in [2.45, 2.75) is 19.3 Å². The van der Waals surface area contributed by atoms with Crippen LogP contribution in [-0.2, 0) is 14.3 Å². The maximum absolute atomic E-state index is 12.3. The molecule has 1 saturated heterocycles. The quantitative estimate of drug-likeness (QED) is 0.805. The second kappa shape index (κ2) is 8.70. The SMILES string of the molecule is O=C(Nc1nc(-c2ccccc2OCC(=O)N2CCOCC2)cs1)C1CCC1. The molecule has 0 atom stereocenters. The first-order valence-electron chi connectivity index (χ1n) is 9.55. The third-order valence-electron chi connectivity index (χ3n) is 5.09. The van der Waals surface area contributed by atoms with E-state index in [0.29, 0.717) is 37.2 Å². The van der Waals surface area contributed by atoms with Gasteiger partial charge < -0.3 is 19.7 Å². The first-order chi connectivity index (χ1) is 13.7. The largest absolute Gasteiger partial charge is 0.483 e. The second-order valence-electron chi connectivity index (χ2n) is 6.93. The van der Waals surface area contributed by atoms with Crippen LogP contribution in [0.15, 0.2) is 29.6 Å². The fourth-order valence-corrected chi connectivity index (χ4v) is 3.89. The molecule has 148 valence electrons. The molecule has 2 heterocycles. The molecular weight excluding hydrogens is 378 g/mol. The number of para-hydroxylation sites is 1. The summed E-state index contributed by atoms with van der Waals surface area (Å²) in [5.74, 6) is 0.720. The van der Waals surface area contributed by atoms with Crippen molar-refractivity contribution in [3.63, 3.8) is 0 Å². The highest BCUT2D eigenvalue weighted by molar-refractivity contribution is 7.14. The number of hydrogen-bond donors (Lipinski definition) is 1. The van der Waals surface area contributed by atoms with Crippen LogP contribution < -0.4 is 10.1 Å². The van der Waals surface area contributed by atoms with Crippen LogP contribution in [0.2, 0.25) is 0 Å². The van der Waals surface area contributed by atoms with Gasteiger partial charge in [0.15, 0.2) is 11.7 Å². The Morgan fingerprint density at radius 3 is 2.79 bits per heavy atom. The molecule has 1 saturated carbocycles. The van der Waals surface area contributed by atoms with Crippen LogP contribution in [0.25, 0.3) is 11.3 Å². The van der Waals surface area contributed by atoms with Gasteiger partial charge in [-0.2, -0.15) is 0 Å². The number of carbonyl (C=O) groups is 2. The van der Waals surface area contributed by atoms with Gasteiger partial charge in [-0.15, -0.1) is 11.3 Å². The van der Waals surface area contributed by atoms with E-state index in [1.54, 1.807) is 4.90 Å². The molecule has 0 bridgehead atoms. The van der Waals surface area contributed by atoms with Gasteiger partial charge in [-0.1, -0.05) is 18.6 Å². The Labute approximate surface area is 167 Å². The standard InChI is InChI=1S/C20H23N3O4S/c24-18(23-8-10-26-11-9-23)12-27-17-7-2-1-6-15(17)16-13-28-20(21-16)22-19(25)14-4-3-5-14/h1-2,6-7,13-14H,3-5,8-12H2,(H,21,22,25). The van der Waals surface area contributed by atoms with E-state index < -0.39 is 0 Å². The normalized spacial score (nSPS) is 17.1. The molecule has 7 nitrogen and oxygen atoms in total. The molecule has 1 aromatic carbocycles. The van der Waals surface area contributed by atoms with E-state index >= 15 is 0 Å². The van der Waals surface area contributed by atoms with E-state index in [-0.39, 0.29) is 24.3 Å². The monoisotopic (exact) mass is 401 g/mol. The lowest BCUT2D eigenvalue weighted by atomic mass is 9.85. The van der Waals surface area contributed by atoms with Crippen LogP contribution in [0.1, 0.15) is 19.3 Å². The molecule has 2 fully saturated rings. The highest BCUT2D eigenvalue weighted by Gasteiger charge is 2.26. The van der Waals surface area contributed by atoms with Gasteiger partial charge in [0.05, 0.1) is 18.9 Å². The molecule has 8 heteroatoms. The fraction of sp³-hybridized carbons (Fsp3) is 0.450. The number of morpholine rings is 1. The van der Waals surface area contributed by atoms with E-state index in [4.69, 9.17) is 9.47 Å². The summed E-state index contributed by atoms with van der Waals surface area (Å²) in [5, 5.41) is 5.38. The number of carbonyl (C=O) groups excluding carboxylic acids is 2. The summed E-state index contributed by atoms with van der Waals surface area (Å²) in [4.78, 5) is 30.7. The van der Waals surface area contributed by atoms with Crippen LogP contribution in [0.4, 0.5) is 5.13 Å². The molecule has 1 aliphatic heterocycles. The van der Waals surface area contributed by atoms with Crippen molar-refractivity contribution in [3.05, 3.63) is 29.6 Å². The Bertz CT molecular complexity index is 843. The van der Waals surface area contributed by atoms with Gasteiger partial charge in [-0.25, -0.2) is 4.98 Å². The molecule has 28 heavy (non-hydrogen) atoms. The zero-order valence-electron chi connectivity index (χ0n) is 15.6. The number of anilines is 1. The summed E-state index contributed by atoms with van der Waals surface area (Å²) in [7, 11) is 0. The van der Waals surface area contributed by atoms with Gasteiger partial charge in [0.1, 0.15) is 5.75 Å². The Morgan fingerprint density at radius 1 is 1.25 bits per heavy atom. The maximum Gasteiger partial charge on any atom is 0.260 e.